The molecule has 0 aromatic heterocycles. The van der Waals surface area contributed by atoms with Gasteiger partial charge in [-0.2, -0.15) is 0 Å². The van der Waals surface area contributed by atoms with Crippen LogP contribution in [0.5, 0.6) is 0 Å². The number of benzene rings is 1. The largest absolute Gasteiger partial charge is 0.478 e. The maximum absolute atomic E-state index is 11.3. The summed E-state index contributed by atoms with van der Waals surface area (Å²) in [4.78, 5) is 11.3. The molecule has 4 heteroatoms. The summed E-state index contributed by atoms with van der Waals surface area (Å²) in [6, 6.07) is 7.34. The van der Waals surface area contributed by atoms with Crippen LogP contribution in [0.2, 0.25) is 0 Å². The van der Waals surface area contributed by atoms with Gasteiger partial charge in [-0.3, -0.25) is 0 Å². The van der Waals surface area contributed by atoms with Crippen molar-refractivity contribution in [1.82, 2.24) is 0 Å². The number of carbonyl (C=O) groups is 1. The van der Waals surface area contributed by atoms with Crippen LogP contribution in [0.25, 0.3) is 0 Å². The summed E-state index contributed by atoms with van der Waals surface area (Å²) in [5.74, 6) is -0.874. The number of aromatic carboxylic acids is 1. The number of hydrogen-bond donors (Lipinski definition) is 3. The molecule has 1 aromatic rings. The first-order valence-corrected chi connectivity index (χ1v) is 10.9. The molecule has 0 saturated heterocycles. The van der Waals surface area contributed by atoms with Gasteiger partial charge in [0.1, 0.15) is 0 Å². The summed E-state index contributed by atoms with van der Waals surface area (Å²) in [6.07, 6.45) is 15.2. The second-order valence-electron chi connectivity index (χ2n) is 7.87. The predicted octanol–water partition coefficient (Wildman–Crippen LogP) is 5.28. The fraction of sp³-hybridized carbons (Fsp3) is 0.696. The Balaban J connectivity index is 2.11. The van der Waals surface area contributed by atoms with Gasteiger partial charge in [-0.1, -0.05) is 82.9 Å². The van der Waals surface area contributed by atoms with Crippen molar-refractivity contribution in [3.05, 3.63) is 35.4 Å². The van der Waals surface area contributed by atoms with Crippen molar-refractivity contribution in [2.45, 2.75) is 102 Å². The fourth-order valence-corrected chi connectivity index (χ4v) is 3.63. The zero-order valence-electron chi connectivity index (χ0n) is 17.2. The highest BCUT2D eigenvalue weighted by molar-refractivity contribution is 5.89. The van der Waals surface area contributed by atoms with E-state index in [2.05, 4.69) is 6.92 Å². The molecule has 0 aliphatic rings. The van der Waals surface area contributed by atoms with Crippen LogP contribution in [0.4, 0.5) is 0 Å². The molecule has 0 aliphatic heterocycles. The number of carboxylic acid groups (broad SMARTS) is 1. The van der Waals surface area contributed by atoms with E-state index in [0.717, 1.165) is 24.8 Å². The van der Waals surface area contributed by atoms with E-state index in [-0.39, 0.29) is 12.1 Å². The van der Waals surface area contributed by atoms with Crippen molar-refractivity contribution in [3.8, 4) is 0 Å². The van der Waals surface area contributed by atoms with Gasteiger partial charge in [0.05, 0.1) is 5.56 Å². The lowest BCUT2D eigenvalue weighted by Gasteiger charge is -2.17. The van der Waals surface area contributed by atoms with Crippen molar-refractivity contribution in [1.29, 1.82) is 0 Å². The predicted molar refractivity (Wildman–Crippen MR) is 114 cm³/mol. The second-order valence-corrected chi connectivity index (χ2v) is 7.87. The molecule has 0 fully saturated rings. The molecule has 0 bridgehead atoms. The van der Waals surface area contributed by atoms with Gasteiger partial charge < -0.3 is 16.6 Å². The molecule has 0 spiro atoms. The van der Waals surface area contributed by atoms with E-state index in [9.17, 15) is 9.90 Å². The lowest BCUT2D eigenvalue weighted by atomic mass is 9.95. The van der Waals surface area contributed by atoms with Crippen LogP contribution in [0.15, 0.2) is 24.3 Å². The average Bonchev–Trinajstić information content (AvgIpc) is 2.65. The van der Waals surface area contributed by atoms with E-state index in [0.29, 0.717) is 12.0 Å². The Hall–Kier alpha value is -1.39. The molecular weight excluding hydrogens is 336 g/mol. The monoisotopic (exact) mass is 376 g/mol. The molecule has 154 valence electrons. The van der Waals surface area contributed by atoms with Gasteiger partial charge >= 0.3 is 5.97 Å². The Bertz CT molecular complexity index is 519. The van der Waals surface area contributed by atoms with Crippen LogP contribution in [0.3, 0.4) is 0 Å². The molecule has 1 aromatic carbocycles. The SMILES string of the molecule is CCCCCCCCCCCC(N)CC(N)CCc1ccccc1C(=O)O. The maximum Gasteiger partial charge on any atom is 0.335 e. The zero-order valence-corrected chi connectivity index (χ0v) is 17.2. The van der Waals surface area contributed by atoms with Crippen LogP contribution in [0, 0.1) is 0 Å². The van der Waals surface area contributed by atoms with Gasteiger partial charge in [0, 0.05) is 12.1 Å². The number of rotatable bonds is 16. The Morgan fingerprint density at radius 3 is 2.07 bits per heavy atom. The minimum Gasteiger partial charge on any atom is -0.478 e. The molecule has 2 atom stereocenters. The molecule has 0 aliphatic carbocycles. The van der Waals surface area contributed by atoms with Crippen LogP contribution in [-0.2, 0) is 6.42 Å². The number of nitrogens with two attached hydrogens (primary N) is 2. The molecule has 0 saturated carbocycles. The summed E-state index contributed by atoms with van der Waals surface area (Å²) < 4.78 is 0. The molecule has 1 rings (SSSR count). The highest BCUT2D eigenvalue weighted by atomic mass is 16.4. The van der Waals surface area contributed by atoms with Crippen molar-refractivity contribution in [2.24, 2.45) is 11.5 Å². The first kappa shape index (κ1) is 23.6. The third-order valence-corrected chi connectivity index (χ3v) is 5.32. The number of unbranched alkanes of at least 4 members (excludes halogenated alkanes) is 8. The lowest BCUT2D eigenvalue weighted by molar-refractivity contribution is 0.0695. The van der Waals surface area contributed by atoms with Gasteiger partial charge in [-0.15, -0.1) is 0 Å². The van der Waals surface area contributed by atoms with Gasteiger partial charge in [-0.05, 0) is 37.3 Å². The Labute approximate surface area is 165 Å². The summed E-state index contributed by atoms with van der Waals surface area (Å²) in [7, 11) is 0. The number of hydrogen-bond acceptors (Lipinski definition) is 3. The number of aryl methyl sites for hydroxylation is 1. The van der Waals surface area contributed by atoms with Crippen molar-refractivity contribution in [3.63, 3.8) is 0 Å². The third kappa shape index (κ3) is 11.1. The molecular formula is C23H40N2O2. The Kier molecular flexibility index (Phi) is 12.8. The first-order chi connectivity index (χ1) is 13.0. The molecule has 0 heterocycles. The van der Waals surface area contributed by atoms with Crippen LogP contribution in [-0.4, -0.2) is 23.2 Å². The summed E-state index contributed by atoms with van der Waals surface area (Å²) in [5.41, 5.74) is 13.7. The molecule has 0 amide bonds. The quantitative estimate of drug-likeness (QED) is 0.342. The maximum atomic E-state index is 11.3. The summed E-state index contributed by atoms with van der Waals surface area (Å²) >= 11 is 0. The Morgan fingerprint density at radius 2 is 1.44 bits per heavy atom. The summed E-state index contributed by atoms with van der Waals surface area (Å²) in [6.45, 7) is 2.25. The van der Waals surface area contributed by atoms with E-state index in [4.69, 9.17) is 11.5 Å². The molecule has 2 unspecified atom stereocenters. The second kappa shape index (κ2) is 14.6. The zero-order chi connectivity index (χ0) is 19.9. The van der Waals surface area contributed by atoms with Crippen molar-refractivity contribution >= 4 is 5.97 Å². The lowest BCUT2D eigenvalue weighted by Crippen LogP contribution is -2.31. The normalized spacial score (nSPS) is 13.4. The molecule has 4 nitrogen and oxygen atoms in total. The minimum atomic E-state index is -0.874. The van der Waals surface area contributed by atoms with E-state index in [1.165, 1.54) is 57.8 Å². The van der Waals surface area contributed by atoms with E-state index in [1.807, 2.05) is 12.1 Å². The minimum absolute atomic E-state index is 0.0282. The topological polar surface area (TPSA) is 89.3 Å². The number of carboxylic acids is 1. The van der Waals surface area contributed by atoms with E-state index >= 15 is 0 Å². The molecule has 5 N–H and O–H groups in total. The standard InChI is InChI=1S/C23H40N2O2/c1-2-3-4-5-6-7-8-9-10-14-20(24)18-21(25)17-16-19-13-11-12-15-22(19)23(26)27/h11-13,15,20-21H,2-10,14,16-18,24-25H2,1H3,(H,26,27). The average molecular weight is 377 g/mol. The van der Waals surface area contributed by atoms with Crippen LogP contribution in [0.1, 0.15) is 99.9 Å². The highest BCUT2D eigenvalue weighted by Gasteiger charge is 2.13. The molecule has 27 heavy (non-hydrogen) atoms. The van der Waals surface area contributed by atoms with Gasteiger partial charge in [-0.25, -0.2) is 4.79 Å². The van der Waals surface area contributed by atoms with Gasteiger partial charge in [0.2, 0.25) is 0 Å². The van der Waals surface area contributed by atoms with Crippen LogP contribution >= 0.6 is 0 Å². The Morgan fingerprint density at radius 1 is 0.889 bits per heavy atom. The smallest absolute Gasteiger partial charge is 0.335 e. The fourth-order valence-electron chi connectivity index (χ4n) is 3.63. The first-order valence-electron chi connectivity index (χ1n) is 10.9. The molecule has 0 radical (unpaired) electrons. The van der Waals surface area contributed by atoms with E-state index in [1.54, 1.807) is 12.1 Å². The van der Waals surface area contributed by atoms with E-state index < -0.39 is 5.97 Å². The van der Waals surface area contributed by atoms with Gasteiger partial charge in [0.25, 0.3) is 0 Å². The highest BCUT2D eigenvalue weighted by Crippen LogP contribution is 2.15. The summed E-state index contributed by atoms with van der Waals surface area (Å²) in [5, 5.41) is 9.24. The van der Waals surface area contributed by atoms with Crippen molar-refractivity contribution < 1.29 is 9.90 Å². The van der Waals surface area contributed by atoms with Gasteiger partial charge in [0.15, 0.2) is 0 Å². The third-order valence-electron chi connectivity index (χ3n) is 5.32. The van der Waals surface area contributed by atoms with Crippen molar-refractivity contribution in [2.75, 3.05) is 0 Å². The van der Waals surface area contributed by atoms with Crippen LogP contribution < -0.4 is 11.5 Å².